The van der Waals surface area contributed by atoms with Gasteiger partial charge in [0.25, 0.3) is 0 Å². The largest absolute Gasteiger partial charge is 0.490 e. The van der Waals surface area contributed by atoms with Crippen LogP contribution in [0.1, 0.15) is 5.56 Å². The summed E-state index contributed by atoms with van der Waals surface area (Å²) in [4.78, 5) is 4.00. The number of nitrogens with zero attached hydrogens (tertiary/aromatic N) is 2. The maximum Gasteiger partial charge on any atom is 0.214 e. The number of nitriles is 1. The summed E-state index contributed by atoms with van der Waals surface area (Å²) in [5, 5.41) is 8.72. The van der Waals surface area contributed by atoms with Gasteiger partial charge in [0, 0.05) is 12.3 Å². The lowest BCUT2D eigenvalue weighted by Crippen LogP contribution is -2.09. The summed E-state index contributed by atoms with van der Waals surface area (Å²) >= 11 is 0. The Morgan fingerprint density at radius 3 is 2.61 bits per heavy atom. The van der Waals surface area contributed by atoms with Crippen LogP contribution in [-0.2, 0) is 0 Å². The molecule has 0 saturated heterocycles. The first-order valence-electron chi connectivity index (χ1n) is 5.55. The molecule has 4 nitrogen and oxygen atoms in total. The molecule has 0 fully saturated rings. The highest BCUT2D eigenvalue weighted by molar-refractivity contribution is 5.31. The third-order valence-electron chi connectivity index (χ3n) is 2.21. The highest BCUT2D eigenvalue weighted by Crippen LogP contribution is 2.10. The molecule has 0 N–H and O–H groups in total. The zero-order valence-corrected chi connectivity index (χ0v) is 9.74. The van der Waals surface area contributed by atoms with Crippen molar-refractivity contribution in [2.24, 2.45) is 0 Å². The Kier molecular flexibility index (Phi) is 4.15. The molecule has 18 heavy (non-hydrogen) atoms. The number of hydrogen-bond acceptors (Lipinski definition) is 4. The molecule has 2 aromatic rings. The van der Waals surface area contributed by atoms with Crippen LogP contribution in [0.4, 0.5) is 0 Å². The summed E-state index contributed by atoms with van der Waals surface area (Å²) in [6.45, 7) is 0.819. The third kappa shape index (κ3) is 3.49. The molecule has 4 heteroatoms. The second-order valence-corrected chi connectivity index (χ2v) is 3.50. The quantitative estimate of drug-likeness (QED) is 0.753. The highest BCUT2D eigenvalue weighted by Gasteiger charge is 1.98. The van der Waals surface area contributed by atoms with E-state index in [0.717, 1.165) is 5.75 Å². The van der Waals surface area contributed by atoms with E-state index < -0.39 is 0 Å². The van der Waals surface area contributed by atoms with E-state index in [1.165, 1.54) is 0 Å². The van der Waals surface area contributed by atoms with Crippen molar-refractivity contribution in [1.29, 1.82) is 5.26 Å². The zero-order valence-electron chi connectivity index (χ0n) is 9.74. The van der Waals surface area contributed by atoms with Crippen molar-refractivity contribution in [3.05, 3.63) is 54.2 Å². The molecule has 0 atom stereocenters. The first-order valence-corrected chi connectivity index (χ1v) is 5.55. The van der Waals surface area contributed by atoms with Crippen LogP contribution in [0, 0.1) is 11.3 Å². The number of hydrogen-bond donors (Lipinski definition) is 0. The summed E-state index contributed by atoms with van der Waals surface area (Å²) in [5.41, 5.74) is 0.531. The summed E-state index contributed by atoms with van der Waals surface area (Å²) in [6, 6.07) is 14.8. The Morgan fingerprint density at radius 2 is 1.83 bits per heavy atom. The van der Waals surface area contributed by atoms with Crippen molar-refractivity contribution in [2.45, 2.75) is 0 Å². The Labute approximate surface area is 105 Å². The molecule has 2 rings (SSSR count). The minimum atomic E-state index is 0.386. The molecule has 0 bridgehead atoms. The van der Waals surface area contributed by atoms with E-state index >= 15 is 0 Å². The molecule has 1 aromatic carbocycles. The minimum Gasteiger partial charge on any atom is -0.490 e. The fourth-order valence-corrected chi connectivity index (χ4v) is 1.38. The summed E-state index contributed by atoms with van der Waals surface area (Å²) in [7, 11) is 0. The van der Waals surface area contributed by atoms with E-state index in [2.05, 4.69) is 4.98 Å². The second-order valence-electron chi connectivity index (χ2n) is 3.50. The van der Waals surface area contributed by atoms with Crippen molar-refractivity contribution >= 4 is 0 Å². The standard InChI is InChI=1S/C14H12N2O2/c15-11-12-6-7-16-14(10-12)18-9-8-17-13-4-2-1-3-5-13/h1-7,10H,8-9H2. The van der Waals surface area contributed by atoms with Gasteiger partial charge in [0.15, 0.2) is 0 Å². The molecular weight excluding hydrogens is 228 g/mol. The molecule has 0 aliphatic carbocycles. The molecule has 0 radical (unpaired) electrons. The minimum absolute atomic E-state index is 0.386. The van der Waals surface area contributed by atoms with E-state index in [1.54, 1.807) is 18.3 Å². The average molecular weight is 240 g/mol. The van der Waals surface area contributed by atoms with Crippen LogP contribution in [0.3, 0.4) is 0 Å². The Balaban J connectivity index is 1.77. The van der Waals surface area contributed by atoms with Gasteiger partial charge in [-0.25, -0.2) is 4.98 Å². The summed E-state index contributed by atoms with van der Waals surface area (Å²) in [6.07, 6.45) is 1.55. The Morgan fingerprint density at radius 1 is 1.06 bits per heavy atom. The number of aromatic nitrogens is 1. The van der Waals surface area contributed by atoms with Gasteiger partial charge in [0.05, 0.1) is 11.6 Å². The lowest BCUT2D eigenvalue weighted by molar-refractivity contribution is 0.212. The third-order valence-corrected chi connectivity index (χ3v) is 2.21. The van der Waals surface area contributed by atoms with E-state index in [4.69, 9.17) is 14.7 Å². The second kappa shape index (κ2) is 6.26. The SMILES string of the molecule is N#Cc1ccnc(OCCOc2ccccc2)c1. The molecule has 0 unspecified atom stereocenters. The summed E-state index contributed by atoms with van der Waals surface area (Å²) < 4.78 is 10.8. The van der Waals surface area contributed by atoms with E-state index in [1.807, 2.05) is 36.4 Å². The van der Waals surface area contributed by atoms with Gasteiger partial charge in [-0.15, -0.1) is 0 Å². The fourth-order valence-electron chi connectivity index (χ4n) is 1.38. The smallest absolute Gasteiger partial charge is 0.214 e. The van der Waals surface area contributed by atoms with Crippen LogP contribution in [-0.4, -0.2) is 18.2 Å². The Hall–Kier alpha value is -2.54. The molecular formula is C14H12N2O2. The van der Waals surface area contributed by atoms with Crippen molar-refractivity contribution < 1.29 is 9.47 Å². The van der Waals surface area contributed by atoms with E-state index in [-0.39, 0.29) is 0 Å². The van der Waals surface area contributed by atoms with Gasteiger partial charge in [-0.05, 0) is 18.2 Å². The van der Waals surface area contributed by atoms with Crippen molar-refractivity contribution in [3.8, 4) is 17.7 Å². The lowest BCUT2D eigenvalue weighted by atomic mass is 10.3. The first kappa shape index (κ1) is 11.9. The van der Waals surface area contributed by atoms with Gasteiger partial charge in [0.1, 0.15) is 19.0 Å². The van der Waals surface area contributed by atoms with Crippen LogP contribution in [0.5, 0.6) is 11.6 Å². The van der Waals surface area contributed by atoms with E-state index in [0.29, 0.717) is 24.7 Å². The molecule has 0 aliphatic rings. The van der Waals surface area contributed by atoms with Crippen molar-refractivity contribution in [1.82, 2.24) is 4.98 Å². The number of benzene rings is 1. The summed E-state index contributed by atoms with van der Waals surface area (Å²) in [5.74, 6) is 1.24. The first-order chi connectivity index (χ1) is 8.88. The average Bonchev–Trinajstić information content (AvgIpc) is 2.45. The number of pyridine rings is 1. The number of para-hydroxylation sites is 1. The van der Waals surface area contributed by atoms with Crippen LogP contribution < -0.4 is 9.47 Å². The highest BCUT2D eigenvalue weighted by atomic mass is 16.5. The van der Waals surface area contributed by atoms with Gasteiger partial charge in [-0.1, -0.05) is 18.2 Å². The monoisotopic (exact) mass is 240 g/mol. The van der Waals surface area contributed by atoms with Gasteiger partial charge in [0.2, 0.25) is 5.88 Å². The van der Waals surface area contributed by atoms with Crippen LogP contribution in [0.2, 0.25) is 0 Å². The van der Waals surface area contributed by atoms with Crippen LogP contribution in [0.15, 0.2) is 48.7 Å². The maximum absolute atomic E-state index is 8.72. The predicted octanol–water partition coefficient (Wildman–Crippen LogP) is 2.41. The van der Waals surface area contributed by atoms with Crippen LogP contribution >= 0.6 is 0 Å². The molecule has 90 valence electrons. The molecule has 1 heterocycles. The molecule has 0 spiro atoms. The molecule has 1 aromatic heterocycles. The number of ether oxygens (including phenoxy) is 2. The van der Waals surface area contributed by atoms with Gasteiger partial charge >= 0.3 is 0 Å². The van der Waals surface area contributed by atoms with Crippen molar-refractivity contribution in [2.75, 3.05) is 13.2 Å². The maximum atomic E-state index is 8.72. The lowest BCUT2D eigenvalue weighted by Gasteiger charge is -2.07. The van der Waals surface area contributed by atoms with Crippen molar-refractivity contribution in [3.63, 3.8) is 0 Å². The zero-order chi connectivity index (χ0) is 12.6. The normalized spacial score (nSPS) is 9.50. The number of rotatable bonds is 5. The van der Waals surface area contributed by atoms with E-state index in [9.17, 15) is 0 Å². The molecule has 0 saturated carbocycles. The molecule has 0 aliphatic heterocycles. The van der Waals surface area contributed by atoms with Gasteiger partial charge < -0.3 is 9.47 Å². The van der Waals surface area contributed by atoms with Gasteiger partial charge in [-0.3, -0.25) is 0 Å². The Bertz CT molecular complexity index is 535. The topological polar surface area (TPSA) is 55.1 Å². The fraction of sp³-hybridized carbons (Fsp3) is 0.143. The molecule has 0 amide bonds. The predicted molar refractivity (Wildman–Crippen MR) is 66.4 cm³/mol. The van der Waals surface area contributed by atoms with Crippen LogP contribution in [0.25, 0.3) is 0 Å². The van der Waals surface area contributed by atoms with Gasteiger partial charge in [-0.2, -0.15) is 5.26 Å².